The first kappa shape index (κ1) is 14.0. The van der Waals surface area contributed by atoms with E-state index >= 15 is 0 Å². The van der Waals surface area contributed by atoms with Gasteiger partial charge in [0.15, 0.2) is 11.5 Å². The Labute approximate surface area is 121 Å². The summed E-state index contributed by atoms with van der Waals surface area (Å²) in [6.07, 6.45) is 0. The lowest BCUT2D eigenvalue weighted by atomic mass is 10.1. The number of ether oxygens (including phenoxy) is 3. The number of anilines is 1. The van der Waals surface area contributed by atoms with E-state index in [9.17, 15) is 0 Å². The zero-order chi connectivity index (χ0) is 14.7. The van der Waals surface area contributed by atoms with Crippen molar-refractivity contribution >= 4 is 17.0 Å². The van der Waals surface area contributed by atoms with E-state index in [1.54, 1.807) is 33.5 Å². The van der Waals surface area contributed by atoms with Gasteiger partial charge in [-0.15, -0.1) is 11.3 Å². The molecule has 0 aliphatic heterocycles. The minimum atomic E-state index is 0.462. The second-order valence-electron chi connectivity index (χ2n) is 3.91. The summed E-state index contributed by atoms with van der Waals surface area (Å²) in [4.78, 5) is 1.33. The van der Waals surface area contributed by atoms with Gasteiger partial charge in [-0.1, -0.05) is 0 Å². The summed E-state index contributed by atoms with van der Waals surface area (Å²) in [6.45, 7) is 0. The van der Waals surface area contributed by atoms with Gasteiger partial charge < -0.3 is 19.9 Å². The molecule has 1 aromatic heterocycles. The monoisotopic (exact) mass is 290 g/mol. The summed E-state index contributed by atoms with van der Waals surface area (Å²) in [5.74, 6) is 1.81. The van der Waals surface area contributed by atoms with Crippen LogP contribution in [0.2, 0.25) is 0 Å². The third-order valence-corrected chi connectivity index (χ3v) is 3.92. The molecule has 6 heteroatoms. The summed E-state index contributed by atoms with van der Waals surface area (Å²) < 4.78 is 15.9. The van der Waals surface area contributed by atoms with Crippen LogP contribution in [-0.4, -0.2) is 21.3 Å². The standard InChI is InChI=1S/C14H14N2O3S/c1-17-10-6-12(19-3)11(18-2)4-8(10)13-5-9(16)14(7-15)20-13/h4-6H,16H2,1-3H3. The van der Waals surface area contributed by atoms with E-state index in [1.807, 2.05) is 6.07 Å². The van der Waals surface area contributed by atoms with Crippen molar-refractivity contribution in [1.82, 2.24) is 0 Å². The highest BCUT2D eigenvalue weighted by Crippen LogP contribution is 2.43. The van der Waals surface area contributed by atoms with Crippen LogP contribution in [0.5, 0.6) is 17.2 Å². The third kappa shape index (κ3) is 2.36. The number of hydrogen-bond acceptors (Lipinski definition) is 6. The molecule has 2 N–H and O–H groups in total. The SMILES string of the molecule is COc1cc(OC)c(-c2cc(N)c(C#N)s2)cc1OC. The molecule has 1 heterocycles. The van der Waals surface area contributed by atoms with Gasteiger partial charge >= 0.3 is 0 Å². The molecule has 0 radical (unpaired) electrons. The molecule has 0 spiro atoms. The molecule has 2 aromatic rings. The van der Waals surface area contributed by atoms with Gasteiger partial charge in [-0.05, 0) is 12.1 Å². The highest BCUT2D eigenvalue weighted by atomic mass is 32.1. The molecule has 20 heavy (non-hydrogen) atoms. The van der Waals surface area contributed by atoms with Crippen molar-refractivity contribution in [3.63, 3.8) is 0 Å². The van der Waals surface area contributed by atoms with Crippen LogP contribution >= 0.6 is 11.3 Å². The van der Waals surface area contributed by atoms with Gasteiger partial charge in [0.1, 0.15) is 16.7 Å². The lowest BCUT2D eigenvalue weighted by Gasteiger charge is -2.13. The van der Waals surface area contributed by atoms with Crippen molar-refractivity contribution in [3.05, 3.63) is 23.1 Å². The van der Waals surface area contributed by atoms with Gasteiger partial charge in [0.2, 0.25) is 0 Å². The Bertz CT molecular complexity index is 674. The van der Waals surface area contributed by atoms with Crippen LogP contribution < -0.4 is 19.9 Å². The highest BCUT2D eigenvalue weighted by molar-refractivity contribution is 7.16. The van der Waals surface area contributed by atoms with E-state index in [1.165, 1.54) is 11.3 Å². The summed E-state index contributed by atoms with van der Waals surface area (Å²) in [6, 6.07) is 7.38. The van der Waals surface area contributed by atoms with Gasteiger partial charge in [0.05, 0.1) is 27.0 Å². The zero-order valence-corrected chi connectivity index (χ0v) is 12.2. The van der Waals surface area contributed by atoms with Crippen molar-refractivity contribution in [2.75, 3.05) is 27.1 Å². The van der Waals surface area contributed by atoms with Crippen LogP contribution in [0.4, 0.5) is 5.69 Å². The average molecular weight is 290 g/mol. The molecule has 2 rings (SSSR count). The molecular weight excluding hydrogens is 276 g/mol. The second-order valence-corrected chi connectivity index (χ2v) is 4.97. The Morgan fingerprint density at radius 1 is 1.00 bits per heavy atom. The maximum absolute atomic E-state index is 8.99. The van der Waals surface area contributed by atoms with Crippen molar-refractivity contribution in [2.24, 2.45) is 0 Å². The molecule has 0 aliphatic rings. The van der Waals surface area contributed by atoms with E-state index < -0.39 is 0 Å². The quantitative estimate of drug-likeness (QED) is 0.936. The number of nitrogens with zero attached hydrogens (tertiary/aromatic N) is 1. The van der Waals surface area contributed by atoms with Crippen molar-refractivity contribution in [1.29, 1.82) is 5.26 Å². The fourth-order valence-corrected chi connectivity index (χ4v) is 2.74. The molecule has 0 saturated heterocycles. The fourth-order valence-electron chi connectivity index (χ4n) is 1.85. The Kier molecular flexibility index (Phi) is 4.01. The number of nitrogen functional groups attached to an aromatic ring is 1. The Balaban J connectivity index is 2.62. The molecular formula is C14H14N2O3S. The molecule has 0 atom stereocenters. The maximum atomic E-state index is 8.99. The van der Waals surface area contributed by atoms with Crippen LogP contribution in [0.15, 0.2) is 18.2 Å². The third-order valence-electron chi connectivity index (χ3n) is 2.83. The topological polar surface area (TPSA) is 77.5 Å². The molecule has 0 unspecified atom stereocenters. The largest absolute Gasteiger partial charge is 0.496 e. The van der Waals surface area contributed by atoms with Gasteiger partial charge in [0.25, 0.3) is 0 Å². The first-order valence-electron chi connectivity index (χ1n) is 5.74. The number of hydrogen-bond donors (Lipinski definition) is 1. The lowest BCUT2D eigenvalue weighted by molar-refractivity contribution is 0.349. The van der Waals surface area contributed by atoms with Crippen LogP contribution in [0.1, 0.15) is 4.88 Å². The van der Waals surface area contributed by atoms with E-state index in [2.05, 4.69) is 6.07 Å². The molecule has 0 aliphatic carbocycles. The molecule has 5 nitrogen and oxygen atoms in total. The molecule has 0 bridgehead atoms. The van der Waals surface area contributed by atoms with Crippen LogP contribution in [0.25, 0.3) is 10.4 Å². The Morgan fingerprint density at radius 3 is 2.10 bits per heavy atom. The summed E-state index contributed by atoms with van der Waals surface area (Å²) in [7, 11) is 4.71. The maximum Gasteiger partial charge on any atom is 0.164 e. The van der Waals surface area contributed by atoms with Crippen LogP contribution in [-0.2, 0) is 0 Å². The zero-order valence-electron chi connectivity index (χ0n) is 11.4. The van der Waals surface area contributed by atoms with Gasteiger partial charge in [0, 0.05) is 16.5 Å². The lowest BCUT2D eigenvalue weighted by Crippen LogP contribution is -1.94. The number of thiophene rings is 1. The van der Waals surface area contributed by atoms with Crippen LogP contribution in [0, 0.1) is 11.3 Å². The minimum absolute atomic E-state index is 0.462. The first-order valence-corrected chi connectivity index (χ1v) is 6.56. The first-order chi connectivity index (χ1) is 9.64. The predicted molar refractivity (Wildman–Crippen MR) is 78.5 cm³/mol. The number of rotatable bonds is 4. The molecule has 104 valence electrons. The molecule has 0 saturated carbocycles. The summed E-state index contributed by atoms with van der Waals surface area (Å²) in [5.41, 5.74) is 7.07. The van der Waals surface area contributed by atoms with Crippen molar-refractivity contribution < 1.29 is 14.2 Å². The van der Waals surface area contributed by atoms with E-state index in [-0.39, 0.29) is 0 Å². The normalized spacial score (nSPS) is 9.90. The average Bonchev–Trinajstić information content (AvgIpc) is 2.86. The molecule has 0 amide bonds. The number of nitrogens with two attached hydrogens (primary N) is 1. The Hall–Kier alpha value is -2.39. The van der Waals surface area contributed by atoms with Crippen LogP contribution in [0.3, 0.4) is 0 Å². The summed E-state index contributed by atoms with van der Waals surface area (Å²) >= 11 is 1.31. The van der Waals surface area contributed by atoms with Gasteiger partial charge in [-0.25, -0.2) is 0 Å². The van der Waals surface area contributed by atoms with Crippen molar-refractivity contribution in [2.45, 2.75) is 0 Å². The minimum Gasteiger partial charge on any atom is -0.496 e. The van der Waals surface area contributed by atoms with Gasteiger partial charge in [-0.2, -0.15) is 5.26 Å². The molecule has 0 fully saturated rings. The fraction of sp³-hybridized carbons (Fsp3) is 0.214. The summed E-state index contributed by atoms with van der Waals surface area (Å²) in [5, 5.41) is 8.99. The number of methoxy groups -OCH3 is 3. The number of benzene rings is 1. The molecule has 1 aromatic carbocycles. The van der Waals surface area contributed by atoms with E-state index in [0.717, 1.165) is 10.4 Å². The van der Waals surface area contributed by atoms with E-state index in [4.69, 9.17) is 25.2 Å². The van der Waals surface area contributed by atoms with Gasteiger partial charge in [-0.3, -0.25) is 0 Å². The predicted octanol–water partition coefficient (Wildman–Crippen LogP) is 2.89. The Morgan fingerprint density at radius 2 is 1.60 bits per heavy atom. The van der Waals surface area contributed by atoms with Crippen molar-refractivity contribution in [3.8, 4) is 33.8 Å². The smallest absolute Gasteiger partial charge is 0.164 e. The number of nitriles is 1. The second kappa shape index (κ2) is 5.72. The highest BCUT2D eigenvalue weighted by Gasteiger charge is 2.16. The van der Waals surface area contributed by atoms with E-state index in [0.29, 0.717) is 27.8 Å².